The van der Waals surface area contributed by atoms with Crippen molar-refractivity contribution in [1.29, 1.82) is 0 Å². The van der Waals surface area contributed by atoms with Gasteiger partial charge in [-0.15, -0.1) is 0 Å². The number of esters is 1. The molecule has 0 N–H and O–H groups in total. The predicted octanol–water partition coefficient (Wildman–Crippen LogP) is 3.51. The Labute approximate surface area is 124 Å². The normalized spacial score (nSPS) is 22.2. The fraction of sp³-hybridized carbons (Fsp3) is 0.278. The highest BCUT2D eigenvalue weighted by atomic mass is 16.6. The van der Waals surface area contributed by atoms with Gasteiger partial charge in [-0.2, -0.15) is 0 Å². The lowest BCUT2D eigenvalue weighted by molar-refractivity contribution is -0.202. The van der Waals surface area contributed by atoms with Gasteiger partial charge in [-0.1, -0.05) is 60.7 Å². The van der Waals surface area contributed by atoms with Crippen molar-refractivity contribution in [1.82, 2.24) is 0 Å². The van der Waals surface area contributed by atoms with Crippen LogP contribution in [0.3, 0.4) is 0 Å². The van der Waals surface area contributed by atoms with Crippen LogP contribution in [0.5, 0.6) is 0 Å². The number of carbonyl (C=O) groups excluding carboxylic acids is 1. The summed E-state index contributed by atoms with van der Waals surface area (Å²) in [6.45, 7) is 2.39. The van der Waals surface area contributed by atoms with Gasteiger partial charge in [0, 0.05) is 0 Å². The Bertz CT molecular complexity index is 594. The lowest BCUT2D eigenvalue weighted by Crippen LogP contribution is -2.47. The van der Waals surface area contributed by atoms with Gasteiger partial charge in [0.05, 0.1) is 12.5 Å². The van der Waals surface area contributed by atoms with Crippen LogP contribution in [-0.4, -0.2) is 12.1 Å². The topological polar surface area (TPSA) is 35.5 Å². The molecule has 3 rings (SSSR count). The van der Waals surface area contributed by atoms with Crippen LogP contribution in [0, 0.1) is 5.92 Å². The zero-order valence-electron chi connectivity index (χ0n) is 11.9. The maximum atomic E-state index is 11.4. The fourth-order valence-electron chi connectivity index (χ4n) is 2.51. The summed E-state index contributed by atoms with van der Waals surface area (Å²) in [5.41, 5.74) is 2.15. The van der Waals surface area contributed by atoms with Crippen LogP contribution in [0.1, 0.15) is 24.2 Å². The molecule has 0 radical (unpaired) electrons. The van der Waals surface area contributed by atoms with Crippen molar-refractivity contribution in [2.75, 3.05) is 0 Å². The number of benzene rings is 2. The highest BCUT2D eigenvalue weighted by Crippen LogP contribution is 2.36. The number of ether oxygens (including phenoxy) is 2. The molecule has 0 bridgehead atoms. The molecule has 1 aliphatic rings. The molecule has 21 heavy (non-hydrogen) atoms. The summed E-state index contributed by atoms with van der Waals surface area (Å²) in [6.07, 6.45) is -0.428. The van der Waals surface area contributed by atoms with E-state index in [0.717, 1.165) is 11.1 Å². The number of hydrogen-bond donors (Lipinski definition) is 0. The summed E-state index contributed by atoms with van der Waals surface area (Å²) in [7, 11) is 0. The summed E-state index contributed by atoms with van der Waals surface area (Å²) >= 11 is 0. The van der Waals surface area contributed by atoms with E-state index >= 15 is 0 Å². The number of hydrogen-bond acceptors (Lipinski definition) is 3. The van der Waals surface area contributed by atoms with E-state index in [1.54, 1.807) is 0 Å². The fourth-order valence-corrected chi connectivity index (χ4v) is 2.51. The molecule has 0 spiro atoms. The van der Waals surface area contributed by atoms with Crippen LogP contribution < -0.4 is 0 Å². The molecule has 1 heterocycles. The molecule has 0 aromatic heterocycles. The number of cyclic esters (lactones) is 1. The second kappa shape index (κ2) is 6.10. The highest BCUT2D eigenvalue weighted by Gasteiger charge is 2.45. The second-order valence-corrected chi connectivity index (χ2v) is 5.32. The third-order valence-corrected chi connectivity index (χ3v) is 3.82. The van der Waals surface area contributed by atoms with Crippen molar-refractivity contribution in [3.63, 3.8) is 0 Å². The van der Waals surface area contributed by atoms with Crippen LogP contribution in [0.4, 0.5) is 0 Å². The van der Waals surface area contributed by atoms with Crippen LogP contribution >= 0.6 is 0 Å². The SMILES string of the molecule is C[C@@H]1C(=O)O[C@H]1[C@H](OCc1ccccc1)c1ccccc1. The molecule has 0 saturated carbocycles. The maximum Gasteiger partial charge on any atom is 0.312 e. The zero-order chi connectivity index (χ0) is 14.7. The van der Waals surface area contributed by atoms with Crippen LogP contribution in [0.25, 0.3) is 0 Å². The molecule has 1 fully saturated rings. The highest BCUT2D eigenvalue weighted by molar-refractivity contribution is 5.78. The summed E-state index contributed by atoms with van der Waals surface area (Å²) < 4.78 is 11.4. The van der Waals surface area contributed by atoms with E-state index < -0.39 is 0 Å². The van der Waals surface area contributed by atoms with Gasteiger partial charge in [0.25, 0.3) is 0 Å². The minimum absolute atomic E-state index is 0.119. The van der Waals surface area contributed by atoms with E-state index in [1.165, 1.54) is 0 Å². The largest absolute Gasteiger partial charge is 0.458 e. The Kier molecular flexibility index (Phi) is 4.02. The molecule has 2 aromatic carbocycles. The smallest absolute Gasteiger partial charge is 0.312 e. The molecule has 3 heteroatoms. The van der Waals surface area contributed by atoms with E-state index in [9.17, 15) is 4.79 Å². The summed E-state index contributed by atoms with van der Waals surface area (Å²) in [5, 5.41) is 0. The molecule has 0 aliphatic carbocycles. The Morgan fingerprint density at radius 2 is 1.67 bits per heavy atom. The van der Waals surface area contributed by atoms with E-state index in [2.05, 4.69) is 0 Å². The first-order valence-corrected chi connectivity index (χ1v) is 7.16. The predicted molar refractivity (Wildman–Crippen MR) is 79.5 cm³/mol. The molecule has 1 saturated heterocycles. The summed E-state index contributed by atoms with van der Waals surface area (Å²) in [4.78, 5) is 11.4. The van der Waals surface area contributed by atoms with Gasteiger partial charge in [-0.25, -0.2) is 0 Å². The lowest BCUT2D eigenvalue weighted by Gasteiger charge is -2.38. The number of carbonyl (C=O) groups is 1. The Morgan fingerprint density at radius 1 is 1.05 bits per heavy atom. The first kappa shape index (κ1) is 13.8. The molecule has 3 nitrogen and oxygen atoms in total. The van der Waals surface area contributed by atoms with Crippen molar-refractivity contribution >= 4 is 5.97 Å². The molecule has 1 aliphatic heterocycles. The van der Waals surface area contributed by atoms with Crippen molar-refractivity contribution in [2.24, 2.45) is 5.92 Å². The van der Waals surface area contributed by atoms with Gasteiger partial charge in [0.15, 0.2) is 0 Å². The average molecular weight is 282 g/mol. The maximum absolute atomic E-state index is 11.4. The molecule has 108 valence electrons. The molecular formula is C18H18O3. The van der Waals surface area contributed by atoms with Crippen LogP contribution in [-0.2, 0) is 20.9 Å². The molecular weight excluding hydrogens is 264 g/mol. The molecule has 0 amide bonds. The molecule has 2 aromatic rings. The third-order valence-electron chi connectivity index (χ3n) is 3.82. The molecule has 0 unspecified atom stereocenters. The van der Waals surface area contributed by atoms with E-state index in [4.69, 9.17) is 9.47 Å². The van der Waals surface area contributed by atoms with Gasteiger partial charge in [0.1, 0.15) is 12.2 Å². The summed E-state index contributed by atoms with van der Waals surface area (Å²) in [5.74, 6) is -0.268. The van der Waals surface area contributed by atoms with Gasteiger partial charge in [-0.05, 0) is 18.1 Å². The molecule has 3 atom stereocenters. The minimum Gasteiger partial charge on any atom is -0.458 e. The number of rotatable bonds is 5. The Balaban J connectivity index is 1.75. The van der Waals surface area contributed by atoms with Crippen molar-refractivity contribution in [3.8, 4) is 0 Å². The van der Waals surface area contributed by atoms with Gasteiger partial charge < -0.3 is 9.47 Å². The second-order valence-electron chi connectivity index (χ2n) is 5.32. The van der Waals surface area contributed by atoms with Crippen molar-refractivity contribution in [2.45, 2.75) is 25.7 Å². The van der Waals surface area contributed by atoms with E-state index in [-0.39, 0.29) is 24.1 Å². The Morgan fingerprint density at radius 3 is 2.24 bits per heavy atom. The Hall–Kier alpha value is -2.13. The van der Waals surface area contributed by atoms with Crippen molar-refractivity contribution < 1.29 is 14.3 Å². The monoisotopic (exact) mass is 282 g/mol. The van der Waals surface area contributed by atoms with E-state index in [0.29, 0.717) is 6.61 Å². The quantitative estimate of drug-likeness (QED) is 0.787. The van der Waals surface area contributed by atoms with Crippen LogP contribution in [0.15, 0.2) is 60.7 Å². The minimum atomic E-state index is -0.223. The first-order chi connectivity index (χ1) is 10.3. The third kappa shape index (κ3) is 2.98. The van der Waals surface area contributed by atoms with Crippen molar-refractivity contribution in [3.05, 3.63) is 71.8 Å². The zero-order valence-corrected chi connectivity index (χ0v) is 11.9. The lowest BCUT2D eigenvalue weighted by atomic mass is 9.90. The van der Waals surface area contributed by atoms with Gasteiger partial charge in [0.2, 0.25) is 0 Å². The van der Waals surface area contributed by atoms with E-state index in [1.807, 2.05) is 67.6 Å². The standard InChI is InChI=1S/C18H18O3/c1-13-16(21-18(13)19)17(15-10-6-3-7-11-15)20-12-14-8-4-2-5-9-14/h2-11,13,16-17H,12H2,1H3/t13-,16+,17+/m0/s1. The van der Waals surface area contributed by atoms with Gasteiger partial charge in [-0.3, -0.25) is 4.79 Å². The average Bonchev–Trinajstić information content (AvgIpc) is 2.56. The van der Waals surface area contributed by atoms with Gasteiger partial charge >= 0.3 is 5.97 Å². The summed E-state index contributed by atoms with van der Waals surface area (Å²) in [6, 6.07) is 19.9. The van der Waals surface area contributed by atoms with Crippen LogP contribution in [0.2, 0.25) is 0 Å². The first-order valence-electron chi connectivity index (χ1n) is 7.16.